The monoisotopic (exact) mass is 420 g/mol. The largest absolute Gasteiger partial charge is 0.481 e. The predicted molar refractivity (Wildman–Crippen MR) is 119 cm³/mol. The van der Waals surface area contributed by atoms with E-state index in [0.717, 1.165) is 57.8 Å². The molecule has 1 saturated carbocycles. The van der Waals surface area contributed by atoms with Gasteiger partial charge >= 0.3 is 5.97 Å². The number of hydrogen-bond acceptors (Lipinski definition) is 4. The highest BCUT2D eigenvalue weighted by Gasteiger charge is 2.35. The molecule has 5 heteroatoms. The SMILES string of the molecule is CC(O)(CCCc1ccccc1)CSC1CCC(=O)C1CCCCCCC(=O)O. The Morgan fingerprint density at radius 3 is 2.59 bits per heavy atom. The van der Waals surface area contributed by atoms with Crippen LogP contribution in [0.5, 0.6) is 0 Å². The molecule has 1 aromatic carbocycles. The number of rotatable bonds is 14. The number of carbonyl (C=O) groups excluding carboxylic acids is 1. The van der Waals surface area contributed by atoms with E-state index in [1.807, 2.05) is 25.1 Å². The molecule has 4 nitrogen and oxygen atoms in total. The van der Waals surface area contributed by atoms with E-state index in [-0.39, 0.29) is 12.3 Å². The number of carboxylic acid groups (broad SMARTS) is 1. The maximum atomic E-state index is 12.3. The number of carbonyl (C=O) groups is 2. The van der Waals surface area contributed by atoms with E-state index in [2.05, 4.69) is 12.1 Å². The maximum Gasteiger partial charge on any atom is 0.303 e. The molecular weight excluding hydrogens is 384 g/mol. The lowest BCUT2D eigenvalue weighted by atomic mass is 9.98. The molecule has 0 aliphatic heterocycles. The number of aryl methyl sites for hydroxylation is 1. The van der Waals surface area contributed by atoms with Crippen molar-refractivity contribution in [1.82, 2.24) is 0 Å². The molecule has 2 N–H and O–H groups in total. The summed E-state index contributed by atoms with van der Waals surface area (Å²) in [5.41, 5.74) is 0.604. The van der Waals surface area contributed by atoms with Gasteiger partial charge in [-0.1, -0.05) is 49.6 Å². The molecule has 1 fully saturated rings. The lowest BCUT2D eigenvalue weighted by molar-refractivity contribution is -0.137. The first-order chi connectivity index (χ1) is 13.9. The number of Topliss-reactive ketones (excluding diaryl/α,β-unsaturated/α-hetero) is 1. The molecular formula is C24H36O4S. The summed E-state index contributed by atoms with van der Waals surface area (Å²) in [6, 6.07) is 10.4. The molecule has 1 aliphatic carbocycles. The van der Waals surface area contributed by atoms with Crippen LogP contribution >= 0.6 is 11.8 Å². The summed E-state index contributed by atoms with van der Waals surface area (Å²) in [7, 11) is 0. The molecule has 1 aromatic rings. The number of carboxylic acids is 1. The molecule has 1 aliphatic rings. The second-order valence-electron chi connectivity index (χ2n) is 8.64. The van der Waals surface area contributed by atoms with Crippen LogP contribution in [0.25, 0.3) is 0 Å². The van der Waals surface area contributed by atoms with Gasteiger partial charge in [0.05, 0.1) is 5.60 Å². The van der Waals surface area contributed by atoms with E-state index in [9.17, 15) is 14.7 Å². The highest BCUT2D eigenvalue weighted by molar-refractivity contribution is 8.00. The number of aliphatic carboxylic acids is 1. The zero-order valence-electron chi connectivity index (χ0n) is 17.6. The molecule has 162 valence electrons. The Kier molecular flexibility index (Phi) is 10.2. The average Bonchev–Trinajstić information content (AvgIpc) is 3.03. The van der Waals surface area contributed by atoms with Gasteiger partial charge in [0.2, 0.25) is 0 Å². The Morgan fingerprint density at radius 1 is 1.14 bits per heavy atom. The lowest BCUT2D eigenvalue weighted by Gasteiger charge is -2.26. The van der Waals surface area contributed by atoms with Crippen LogP contribution in [0.1, 0.15) is 76.7 Å². The Hall–Kier alpha value is -1.33. The van der Waals surface area contributed by atoms with Crippen LogP contribution in [0.15, 0.2) is 30.3 Å². The molecule has 3 atom stereocenters. The quantitative estimate of drug-likeness (QED) is 0.401. The fraction of sp³-hybridized carbons (Fsp3) is 0.667. The van der Waals surface area contributed by atoms with Gasteiger partial charge in [-0.2, -0.15) is 11.8 Å². The first-order valence-corrected chi connectivity index (χ1v) is 12.0. The Morgan fingerprint density at radius 2 is 1.86 bits per heavy atom. The van der Waals surface area contributed by atoms with Crippen LogP contribution in [0.4, 0.5) is 0 Å². The van der Waals surface area contributed by atoms with Crippen LogP contribution in [0.2, 0.25) is 0 Å². The summed E-state index contributed by atoms with van der Waals surface area (Å²) >= 11 is 1.77. The molecule has 0 heterocycles. The topological polar surface area (TPSA) is 74.6 Å². The third kappa shape index (κ3) is 9.35. The summed E-state index contributed by atoms with van der Waals surface area (Å²) in [5.74, 6) is 0.425. The standard InChI is InChI=1S/C24H36O4S/c1-24(28,17-9-12-19-10-5-4-6-11-19)18-29-22-16-15-21(25)20(22)13-7-2-3-8-14-23(26)27/h4-6,10-11,20,22,28H,2-3,7-9,12-18H2,1H3,(H,26,27). The fourth-order valence-electron chi connectivity index (χ4n) is 4.10. The molecule has 0 saturated heterocycles. The fourth-order valence-corrected chi connectivity index (χ4v) is 5.62. The second-order valence-corrected chi connectivity index (χ2v) is 9.87. The van der Waals surface area contributed by atoms with E-state index >= 15 is 0 Å². The molecule has 2 rings (SSSR count). The van der Waals surface area contributed by atoms with Crippen LogP contribution in [0.3, 0.4) is 0 Å². The molecule has 3 unspecified atom stereocenters. The first-order valence-electron chi connectivity index (χ1n) is 11.0. The highest BCUT2D eigenvalue weighted by atomic mass is 32.2. The third-order valence-electron chi connectivity index (χ3n) is 5.83. The van der Waals surface area contributed by atoms with E-state index in [4.69, 9.17) is 5.11 Å². The van der Waals surface area contributed by atoms with Gasteiger partial charge in [0.1, 0.15) is 5.78 Å². The molecule has 29 heavy (non-hydrogen) atoms. The van der Waals surface area contributed by atoms with Crippen molar-refractivity contribution >= 4 is 23.5 Å². The summed E-state index contributed by atoms with van der Waals surface area (Å²) < 4.78 is 0. The highest BCUT2D eigenvalue weighted by Crippen LogP contribution is 2.37. The van der Waals surface area contributed by atoms with Gasteiger partial charge in [-0.25, -0.2) is 0 Å². The van der Waals surface area contributed by atoms with Crippen LogP contribution in [-0.4, -0.2) is 38.6 Å². The van der Waals surface area contributed by atoms with Gasteiger partial charge < -0.3 is 10.2 Å². The predicted octanol–water partition coefficient (Wildman–Crippen LogP) is 5.27. The molecule has 0 spiro atoms. The second kappa shape index (κ2) is 12.4. The minimum absolute atomic E-state index is 0.111. The summed E-state index contributed by atoms with van der Waals surface area (Å²) in [6.07, 6.45) is 9.05. The molecule has 0 bridgehead atoms. The minimum Gasteiger partial charge on any atom is -0.481 e. The smallest absolute Gasteiger partial charge is 0.303 e. The zero-order chi connectivity index (χ0) is 21.1. The van der Waals surface area contributed by atoms with Crippen molar-refractivity contribution in [1.29, 1.82) is 0 Å². The Bertz CT molecular complexity index is 629. The summed E-state index contributed by atoms with van der Waals surface area (Å²) in [5, 5.41) is 19.8. The maximum absolute atomic E-state index is 12.3. The summed E-state index contributed by atoms with van der Waals surface area (Å²) in [4.78, 5) is 22.8. The van der Waals surface area contributed by atoms with E-state index in [1.165, 1.54) is 5.56 Å². The van der Waals surface area contributed by atoms with E-state index < -0.39 is 11.6 Å². The molecule has 0 amide bonds. The number of aliphatic hydroxyl groups is 1. The van der Waals surface area contributed by atoms with Crippen molar-refractivity contribution in [2.45, 2.75) is 88.4 Å². The Balaban J connectivity index is 1.67. The van der Waals surface area contributed by atoms with Gasteiger partial charge in [0.25, 0.3) is 0 Å². The van der Waals surface area contributed by atoms with Crippen molar-refractivity contribution in [2.75, 3.05) is 5.75 Å². The van der Waals surface area contributed by atoms with Gasteiger partial charge in [0.15, 0.2) is 0 Å². The number of thioether (sulfide) groups is 1. The Labute approximate surface area is 179 Å². The van der Waals surface area contributed by atoms with Crippen molar-refractivity contribution in [3.05, 3.63) is 35.9 Å². The van der Waals surface area contributed by atoms with Crippen LogP contribution in [-0.2, 0) is 16.0 Å². The van der Waals surface area contributed by atoms with Gasteiger partial charge in [-0.3, -0.25) is 9.59 Å². The number of unbranched alkanes of at least 4 members (excludes halogenated alkanes) is 3. The van der Waals surface area contributed by atoms with Gasteiger partial charge in [-0.05, 0) is 51.0 Å². The zero-order valence-corrected chi connectivity index (χ0v) is 18.5. The van der Waals surface area contributed by atoms with E-state index in [1.54, 1.807) is 11.8 Å². The summed E-state index contributed by atoms with van der Waals surface area (Å²) in [6.45, 7) is 1.92. The van der Waals surface area contributed by atoms with Crippen molar-refractivity contribution in [3.63, 3.8) is 0 Å². The van der Waals surface area contributed by atoms with E-state index in [0.29, 0.717) is 23.2 Å². The number of ketones is 1. The van der Waals surface area contributed by atoms with Gasteiger partial charge in [-0.15, -0.1) is 0 Å². The molecule has 0 aromatic heterocycles. The third-order valence-corrected chi connectivity index (χ3v) is 7.61. The number of hydrogen-bond donors (Lipinski definition) is 2. The normalized spacial score (nSPS) is 21.2. The number of benzene rings is 1. The lowest BCUT2D eigenvalue weighted by Crippen LogP contribution is -2.29. The minimum atomic E-state index is -0.733. The van der Waals surface area contributed by atoms with Crippen molar-refractivity contribution < 1.29 is 19.8 Å². The van der Waals surface area contributed by atoms with Crippen molar-refractivity contribution in [2.24, 2.45) is 5.92 Å². The van der Waals surface area contributed by atoms with Crippen LogP contribution in [0, 0.1) is 5.92 Å². The van der Waals surface area contributed by atoms with Gasteiger partial charge in [0, 0.05) is 29.8 Å². The first kappa shape index (κ1) is 23.9. The average molecular weight is 421 g/mol. The van der Waals surface area contributed by atoms with Crippen LogP contribution < -0.4 is 0 Å². The molecule has 0 radical (unpaired) electrons. The van der Waals surface area contributed by atoms with Crippen molar-refractivity contribution in [3.8, 4) is 0 Å².